The van der Waals surface area contributed by atoms with Crippen LogP contribution >= 0.6 is 0 Å². The molecule has 0 radical (unpaired) electrons. The number of anilines is 1. The Balaban J connectivity index is 1.64. The molecule has 0 spiro atoms. The molecule has 1 aromatic carbocycles. The van der Waals surface area contributed by atoms with Gasteiger partial charge in [-0.15, -0.1) is 0 Å². The summed E-state index contributed by atoms with van der Waals surface area (Å²) in [5, 5.41) is 11.4. The molecule has 0 saturated heterocycles. The van der Waals surface area contributed by atoms with Gasteiger partial charge in [-0.3, -0.25) is 23.8 Å². The normalized spacial score (nSPS) is 18.0. The Kier molecular flexibility index (Phi) is 9.76. The van der Waals surface area contributed by atoms with Crippen LogP contribution in [-0.4, -0.2) is 56.7 Å². The third-order valence-corrected chi connectivity index (χ3v) is 8.78. The minimum absolute atomic E-state index is 0.0531. The Hall–Kier alpha value is -3.49. The van der Waals surface area contributed by atoms with Crippen molar-refractivity contribution in [1.82, 2.24) is 20.4 Å². The number of hydrogen-bond donors (Lipinski definition) is 4. The van der Waals surface area contributed by atoms with Gasteiger partial charge < -0.3 is 16.0 Å². The van der Waals surface area contributed by atoms with Crippen LogP contribution in [0, 0.1) is 28.4 Å². The summed E-state index contributed by atoms with van der Waals surface area (Å²) in [4.78, 5) is 39.7. The van der Waals surface area contributed by atoms with Crippen molar-refractivity contribution in [1.29, 1.82) is 4.78 Å². The molecule has 3 amide bonds. The number of carbonyl (C=O) groups excluding carboxylic acids is 3. The fraction of sp³-hybridized carbons (Fsp3) is 0.586. The highest BCUT2D eigenvalue weighted by molar-refractivity contribution is 7.90. The maximum Gasteiger partial charge on any atom is 0.405 e. The van der Waals surface area contributed by atoms with Crippen LogP contribution < -0.4 is 16.0 Å². The third kappa shape index (κ3) is 8.57. The lowest BCUT2D eigenvalue weighted by Gasteiger charge is -2.28. The molecule has 3 unspecified atom stereocenters. The number of rotatable bonds is 13. The lowest BCUT2D eigenvalue weighted by Crippen LogP contribution is -2.50. The largest absolute Gasteiger partial charge is 0.405 e. The predicted molar refractivity (Wildman–Crippen MR) is 156 cm³/mol. The Morgan fingerprint density at radius 1 is 1.09 bits per heavy atom. The average Bonchev–Trinajstić information content (AvgIpc) is 3.86. The molecule has 2 fully saturated rings. The van der Waals surface area contributed by atoms with Gasteiger partial charge in [0, 0.05) is 28.2 Å². The molecule has 3 atom stereocenters. The van der Waals surface area contributed by atoms with Crippen LogP contribution in [0.2, 0.25) is 0 Å². The molecular formula is C29H38F4N6O4S. The molecule has 2 aliphatic carbocycles. The van der Waals surface area contributed by atoms with Gasteiger partial charge in [0.05, 0.1) is 17.4 Å². The lowest BCUT2D eigenvalue weighted by molar-refractivity contribution is -0.139. The number of benzene rings is 1. The van der Waals surface area contributed by atoms with E-state index in [1.165, 1.54) is 17.8 Å². The van der Waals surface area contributed by atoms with Gasteiger partial charge in [-0.2, -0.15) is 18.3 Å². The van der Waals surface area contributed by atoms with Crippen molar-refractivity contribution in [2.45, 2.75) is 76.4 Å². The molecule has 1 heterocycles. The highest BCUT2D eigenvalue weighted by atomic mass is 32.2. The second-order valence-electron chi connectivity index (χ2n) is 12.2. The minimum Gasteiger partial charge on any atom is -0.346 e. The third-order valence-electron chi connectivity index (χ3n) is 7.92. The molecule has 2 aromatic rings. The van der Waals surface area contributed by atoms with Crippen molar-refractivity contribution in [3.63, 3.8) is 0 Å². The number of halogens is 4. The van der Waals surface area contributed by atoms with Crippen molar-refractivity contribution in [2.24, 2.45) is 17.8 Å². The second-order valence-corrected chi connectivity index (χ2v) is 14.5. The first-order valence-corrected chi connectivity index (χ1v) is 16.6. The summed E-state index contributed by atoms with van der Waals surface area (Å²) in [5.74, 6) is -4.61. The van der Waals surface area contributed by atoms with E-state index in [0.29, 0.717) is 0 Å². The molecular weight excluding hydrogens is 604 g/mol. The fourth-order valence-electron chi connectivity index (χ4n) is 5.60. The van der Waals surface area contributed by atoms with E-state index in [2.05, 4.69) is 15.7 Å². The van der Waals surface area contributed by atoms with Gasteiger partial charge in [0.1, 0.15) is 24.1 Å². The van der Waals surface area contributed by atoms with E-state index in [4.69, 9.17) is 4.78 Å². The van der Waals surface area contributed by atoms with Crippen LogP contribution in [0.1, 0.15) is 80.0 Å². The zero-order valence-corrected chi connectivity index (χ0v) is 25.8. The number of amides is 3. The predicted octanol–water partition coefficient (Wildman–Crippen LogP) is 4.73. The van der Waals surface area contributed by atoms with Crippen LogP contribution in [0.4, 0.5) is 23.2 Å². The Labute approximate surface area is 253 Å². The molecule has 2 aliphatic rings. The zero-order valence-electron chi connectivity index (χ0n) is 25.0. The van der Waals surface area contributed by atoms with Crippen molar-refractivity contribution < 1.29 is 36.2 Å². The standard InChI is InChI=1S/C29H38F4N6O4S/c1-15(2)39-23(9-10-36-39)27(41)38-25(24(17-5-6-17)18-7-8-18)28(42)37-22-11-19(13-44(4,34)43)20(12-21(22)30)16(3)26(40)35-14-29(31,32)33/h9-12,15-18,24-25,34H,5-8,13-14H2,1-4H3,(H,35,40)(H,37,42)(H,38,41). The molecule has 242 valence electrons. The molecule has 10 nitrogen and oxygen atoms in total. The van der Waals surface area contributed by atoms with Crippen LogP contribution in [0.5, 0.6) is 0 Å². The lowest BCUT2D eigenvalue weighted by atomic mass is 9.88. The Morgan fingerprint density at radius 3 is 2.23 bits per heavy atom. The van der Waals surface area contributed by atoms with E-state index in [1.807, 2.05) is 13.8 Å². The van der Waals surface area contributed by atoms with E-state index < -0.39 is 63.7 Å². The van der Waals surface area contributed by atoms with Crippen molar-refractivity contribution in [2.75, 3.05) is 18.1 Å². The molecule has 1 aromatic heterocycles. The number of alkyl halides is 3. The molecule has 2 saturated carbocycles. The van der Waals surface area contributed by atoms with E-state index in [1.54, 1.807) is 11.4 Å². The maximum absolute atomic E-state index is 15.5. The summed E-state index contributed by atoms with van der Waals surface area (Å²) >= 11 is 0. The van der Waals surface area contributed by atoms with Crippen molar-refractivity contribution >= 4 is 33.1 Å². The van der Waals surface area contributed by atoms with Crippen LogP contribution in [-0.2, 0) is 25.1 Å². The fourth-order valence-corrected chi connectivity index (χ4v) is 6.44. The Bertz CT molecular complexity index is 1500. The minimum atomic E-state index is -4.66. The first-order chi connectivity index (χ1) is 20.4. The SMILES string of the molecule is CC(C(=O)NCC(F)(F)F)c1cc(F)c(NC(=O)C(NC(=O)c2ccnn2C(C)C)C(C2CC2)C2CC2)cc1CS(C)(=N)=O. The average molecular weight is 643 g/mol. The second kappa shape index (κ2) is 12.9. The van der Waals surface area contributed by atoms with Gasteiger partial charge in [-0.25, -0.2) is 8.60 Å². The van der Waals surface area contributed by atoms with Gasteiger partial charge in [-0.1, -0.05) is 0 Å². The number of nitrogens with one attached hydrogen (secondary N) is 4. The summed E-state index contributed by atoms with van der Waals surface area (Å²) in [5.41, 5.74) is -0.0344. The van der Waals surface area contributed by atoms with E-state index in [0.717, 1.165) is 44.1 Å². The summed E-state index contributed by atoms with van der Waals surface area (Å²) < 4.78 is 75.4. The monoisotopic (exact) mass is 642 g/mol. The molecule has 0 bridgehead atoms. The first-order valence-electron chi connectivity index (χ1n) is 14.5. The number of aromatic nitrogens is 2. The summed E-state index contributed by atoms with van der Waals surface area (Å²) in [7, 11) is -3.25. The molecule has 44 heavy (non-hydrogen) atoms. The van der Waals surface area contributed by atoms with Gasteiger partial charge in [0.15, 0.2) is 0 Å². The summed E-state index contributed by atoms with van der Waals surface area (Å²) in [6.45, 7) is 3.41. The Morgan fingerprint density at radius 2 is 1.70 bits per heavy atom. The summed E-state index contributed by atoms with van der Waals surface area (Å²) in [6.07, 6.45) is 1.58. The quantitative estimate of drug-likeness (QED) is 0.233. The smallest absolute Gasteiger partial charge is 0.346 e. The van der Waals surface area contributed by atoms with Crippen molar-refractivity contribution in [3.05, 3.63) is 47.0 Å². The number of carbonyl (C=O) groups is 3. The van der Waals surface area contributed by atoms with Gasteiger partial charge in [-0.05, 0) is 93.5 Å². The van der Waals surface area contributed by atoms with Crippen LogP contribution in [0.15, 0.2) is 24.4 Å². The topological polar surface area (TPSA) is 146 Å². The van der Waals surface area contributed by atoms with Crippen molar-refractivity contribution in [3.8, 4) is 0 Å². The molecule has 4 rings (SSSR count). The summed E-state index contributed by atoms with van der Waals surface area (Å²) in [6, 6.07) is 2.49. The highest BCUT2D eigenvalue weighted by Crippen LogP contribution is 2.51. The zero-order chi connectivity index (χ0) is 32.6. The van der Waals surface area contributed by atoms with Gasteiger partial charge in [0.25, 0.3) is 5.91 Å². The molecule has 0 aliphatic heterocycles. The first kappa shape index (κ1) is 33.4. The number of nitrogens with zero attached hydrogens (tertiary/aromatic N) is 2. The maximum atomic E-state index is 15.5. The highest BCUT2D eigenvalue weighted by Gasteiger charge is 2.48. The van der Waals surface area contributed by atoms with Gasteiger partial charge >= 0.3 is 6.18 Å². The molecule has 4 N–H and O–H groups in total. The number of hydrogen-bond acceptors (Lipinski definition) is 6. The van der Waals surface area contributed by atoms with Gasteiger partial charge in [0.2, 0.25) is 11.8 Å². The van der Waals surface area contributed by atoms with E-state index in [9.17, 15) is 31.8 Å². The van der Waals surface area contributed by atoms with Crippen LogP contribution in [0.3, 0.4) is 0 Å². The van der Waals surface area contributed by atoms with E-state index >= 15 is 4.39 Å². The van der Waals surface area contributed by atoms with E-state index in [-0.39, 0.29) is 46.3 Å². The van der Waals surface area contributed by atoms with Crippen LogP contribution in [0.25, 0.3) is 0 Å². The molecule has 15 heteroatoms.